The van der Waals surface area contributed by atoms with E-state index < -0.39 is 5.92 Å². The van der Waals surface area contributed by atoms with E-state index in [1.807, 2.05) is 0 Å². The molecule has 0 saturated carbocycles. The van der Waals surface area contributed by atoms with E-state index in [0.29, 0.717) is 5.56 Å². The Kier molecular flexibility index (Phi) is 1.77. The van der Waals surface area contributed by atoms with Crippen molar-refractivity contribution in [2.24, 2.45) is 0 Å². The predicted molar refractivity (Wildman–Crippen MR) is 38.6 cm³/mol. The third kappa shape index (κ3) is 1.34. The number of rotatable bonds is 1. The summed E-state index contributed by atoms with van der Waals surface area (Å²) in [5, 5.41) is 3.22. The van der Waals surface area contributed by atoms with Crippen molar-refractivity contribution in [2.45, 2.75) is 19.8 Å². The Morgan fingerprint density at radius 1 is 1.40 bits per heavy atom. The van der Waals surface area contributed by atoms with Gasteiger partial charge in [0.15, 0.2) is 0 Å². The molecule has 0 spiro atoms. The molecule has 0 aliphatic rings. The van der Waals surface area contributed by atoms with Gasteiger partial charge in [-0.3, -0.25) is 0 Å². The van der Waals surface area contributed by atoms with E-state index in [0.717, 1.165) is 6.92 Å². The quantitative estimate of drug-likeness (QED) is 0.595. The number of halogens is 2. The van der Waals surface area contributed by atoms with Gasteiger partial charge in [-0.15, -0.1) is 0 Å². The largest absolute Gasteiger partial charge is 0.271 e. The lowest BCUT2D eigenvalue weighted by Crippen LogP contribution is -2.06. The number of hydrogen-bond donors (Lipinski definition) is 0. The molecule has 3 heteroatoms. The summed E-state index contributed by atoms with van der Waals surface area (Å²) in [7, 11) is 0. The monoisotopic (exact) mass is 162 g/mol. The van der Waals surface area contributed by atoms with Crippen LogP contribution in [0.5, 0.6) is 0 Å². The highest BCUT2D eigenvalue weighted by molar-refractivity contribution is 7.08. The smallest absolute Gasteiger partial charge is 0.202 e. The molecule has 0 saturated heterocycles. The number of hydrogen-bond acceptors (Lipinski definition) is 1. The molecule has 0 aliphatic heterocycles. The molecule has 10 heavy (non-hydrogen) atoms. The molecule has 1 aromatic heterocycles. The third-order valence-corrected chi connectivity index (χ3v) is 2.19. The molecule has 1 heterocycles. The summed E-state index contributed by atoms with van der Waals surface area (Å²) in [6.07, 6.45) is 0. The van der Waals surface area contributed by atoms with Crippen molar-refractivity contribution in [3.05, 3.63) is 21.9 Å². The normalized spacial score (nSPS) is 12.0. The first-order chi connectivity index (χ1) is 4.52. The Hall–Kier alpha value is -0.440. The Bertz CT molecular complexity index is 222. The van der Waals surface area contributed by atoms with Crippen LogP contribution in [0.25, 0.3) is 0 Å². The molecule has 0 atom stereocenters. The molecule has 0 fully saturated rings. The summed E-state index contributed by atoms with van der Waals surface area (Å²) >= 11 is 1.31. The topological polar surface area (TPSA) is 0 Å². The molecule has 0 unspecified atom stereocenters. The van der Waals surface area contributed by atoms with E-state index in [-0.39, 0.29) is 5.56 Å². The zero-order valence-electron chi connectivity index (χ0n) is 5.82. The van der Waals surface area contributed by atoms with Gasteiger partial charge in [-0.25, -0.2) is 8.78 Å². The van der Waals surface area contributed by atoms with Gasteiger partial charge in [-0.1, -0.05) is 0 Å². The second-order valence-corrected chi connectivity index (χ2v) is 3.10. The molecular weight excluding hydrogens is 154 g/mol. The molecule has 0 aromatic carbocycles. The van der Waals surface area contributed by atoms with E-state index in [4.69, 9.17) is 0 Å². The first-order valence-electron chi connectivity index (χ1n) is 2.93. The van der Waals surface area contributed by atoms with Crippen molar-refractivity contribution in [2.75, 3.05) is 0 Å². The minimum absolute atomic E-state index is 0.150. The highest BCUT2D eigenvalue weighted by Crippen LogP contribution is 2.31. The SMILES string of the molecule is Cc1cscc1C(C)(F)F. The van der Waals surface area contributed by atoms with Crippen molar-refractivity contribution in [3.63, 3.8) is 0 Å². The second kappa shape index (κ2) is 2.31. The Labute approximate surface area is 62.5 Å². The lowest BCUT2D eigenvalue weighted by Gasteiger charge is -2.08. The van der Waals surface area contributed by atoms with Crippen LogP contribution in [0.3, 0.4) is 0 Å². The lowest BCUT2D eigenvalue weighted by atomic mass is 10.1. The molecule has 56 valence electrons. The van der Waals surface area contributed by atoms with Crippen LogP contribution in [0.4, 0.5) is 8.78 Å². The van der Waals surface area contributed by atoms with Gasteiger partial charge in [0.2, 0.25) is 0 Å². The summed E-state index contributed by atoms with van der Waals surface area (Å²) in [5.41, 5.74) is 0.829. The van der Waals surface area contributed by atoms with Crippen LogP contribution in [-0.4, -0.2) is 0 Å². The van der Waals surface area contributed by atoms with Crippen molar-refractivity contribution in [3.8, 4) is 0 Å². The van der Waals surface area contributed by atoms with Gasteiger partial charge < -0.3 is 0 Å². The molecule has 0 nitrogen and oxygen atoms in total. The number of alkyl halides is 2. The summed E-state index contributed by atoms with van der Waals surface area (Å²) in [6.45, 7) is 2.62. The van der Waals surface area contributed by atoms with Crippen molar-refractivity contribution in [1.82, 2.24) is 0 Å². The van der Waals surface area contributed by atoms with E-state index in [2.05, 4.69) is 0 Å². The molecule has 1 aromatic rings. The summed E-state index contributed by atoms with van der Waals surface area (Å²) in [4.78, 5) is 0. The van der Waals surface area contributed by atoms with Crippen LogP contribution in [-0.2, 0) is 5.92 Å². The highest BCUT2D eigenvalue weighted by Gasteiger charge is 2.26. The van der Waals surface area contributed by atoms with Gasteiger partial charge in [0.05, 0.1) is 0 Å². The standard InChI is InChI=1S/C7H8F2S/c1-5-3-10-4-6(5)7(2,8)9/h3-4H,1-2H3. The average Bonchev–Trinajstić information content (AvgIpc) is 2.11. The molecule has 0 bridgehead atoms. The molecule has 0 N–H and O–H groups in total. The maximum absolute atomic E-state index is 12.6. The summed E-state index contributed by atoms with van der Waals surface area (Å²) in [6, 6.07) is 0. The van der Waals surface area contributed by atoms with E-state index in [9.17, 15) is 8.78 Å². The minimum atomic E-state index is -2.68. The van der Waals surface area contributed by atoms with Crippen LogP contribution in [0.1, 0.15) is 18.1 Å². The van der Waals surface area contributed by atoms with Crippen LogP contribution in [0, 0.1) is 6.92 Å². The third-order valence-electron chi connectivity index (χ3n) is 1.33. The highest BCUT2D eigenvalue weighted by atomic mass is 32.1. The van der Waals surface area contributed by atoms with Gasteiger partial charge in [0.25, 0.3) is 5.92 Å². The molecular formula is C7H8F2S. The Balaban J connectivity index is 3.05. The fourth-order valence-corrected chi connectivity index (χ4v) is 1.74. The molecule has 0 aliphatic carbocycles. The maximum atomic E-state index is 12.6. The summed E-state index contributed by atoms with van der Waals surface area (Å²) in [5.74, 6) is -2.68. The Morgan fingerprint density at radius 3 is 2.20 bits per heavy atom. The van der Waals surface area contributed by atoms with Gasteiger partial charge >= 0.3 is 0 Å². The lowest BCUT2D eigenvalue weighted by molar-refractivity contribution is 0.0173. The van der Waals surface area contributed by atoms with Crippen LogP contribution >= 0.6 is 11.3 Å². The van der Waals surface area contributed by atoms with Gasteiger partial charge in [-0.2, -0.15) is 11.3 Å². The van der Waals surface area contributed by atoms with Crippen LogP contribution in [0.15, 0.2) is 10.8 Å². The zero-order chi connectivity index (χ0) is 7.78. The Morgan fingerprint density at radius 2 is 2.00 bits per heavy atom. The van der Waals surface area contributed by atoms with Gasteiger partial charge in [-0.05, 0) is 17.9 Å². The molecule has 0 amide bonds. The van der Waals surface area contributed by atoms with E-state index in [1.165, 1.54) is 16.7 Å². The zero-order valence-corrected chi connectivity index (χ0v) is 6.64. The van der Waals surface area contributed by atoms with Crippen LogP contribution in [0.2, 0.25) is 0 Å². The fourth-order valence-electron chi connectivity index (χ4n) is 0.810. The predicted octanol–water partition coefficient (Wildman–Crippen LogP) is 3.17. The van der Waals surface area contributed by atoms with Crippen molar-refractivity contribution < 1.29 is 8.78 Å². The first-order valence-corrected chi connectivity index (χ1v) is 3.87. The first kappa shape index (κ1) is 7.66. The molecule has 0 radical (unpaired) electrons. The van der Waals surface area contributed by atoms with Crippen molar-refractivity contribution >= 4 is 11.3 Å². The average molecular weight is 162 g/mol. The van der Waals surface area contributed by atoms with Crippen molar-refractivity contribution in [1.29, 1.82) is 0 Å². The number of thiophene rings is 1. The van der Waals surface area contributed by atoms with Gasteiger partial charge in [0.1, 0.15) is 0 Å². The number of aryl methyl sites for hydroxylation is 1. The molecule has 1 rings (SSSR count). The fraction of sp³-hybridized carbons (Fsp3) is 0.429. The summed E-state index contributed by atoms with van der Waals surface area (Å²) < 4.78 is 25.1. The maximum Gasteiger partial charge on any atom is 0.271 e. The van der Waals surface area contributed by atoms with Gasteiger partial charge in [0, 0.05) is 17.9 Å². The van der Waals surface area contributed by atoms with E-state index >= 15 is 0 Å². The van der Waals surface area contributed by atoms with E-state index in [1.54, 1.807) is 12.3 Å². The van der Waals surface area contributed by atoms with Crippen LogP contribution < -0.4 is 0 Å². The minimum Gasteiger partial charge on any atom is -0.202 e. The second-order valence-electron chi connectivity index (χ2n) is 2.36.